The molecular weight excluding hydrogens is 222 g/mol. The Hall–Kier alpha value is -1.44. The summed E-state index contributed by atoms with van der Waals surface area (Å²) < 4.78 is 10.4. The lowest BCUT2D eigenvalue weighted by Gasteiger charge is -2.27. The Balaban J connectivity index is 2.21. The summed E-state index contributed by atoms with van der Waals surface area (Å²) in [5.41, 5.74) is 3.34. The van der Waals surface area contributed by atoms with Gasteiger partial charge in [0.05, 0.1) is 25.5 Å². The van der Waals surface area contributed by atoms with Crippen molar-refractivity contribution in [3.8, 4) is 0 Å². The molecule has 1 aromatic rings. The van der Waals surface area contributed by atoms with Gasteiger partial charge < -0.3 is 19.8 Å². The quantitative estimate of drug-likeness (QED) is 0.553. The van der Waals surface area contributed by atoms with E-state index in [4.69, 9.17) is 15.3 Å². The Morgan fingerprint density at radius 1 is 1.47 bits per heavy atom. The van der Waals surface area contributed by atoms with E-state index in [0.29, 0.717) is 31.6 Å². The maximum atomic E-state index is 5.39. The molecule has 0 aliphatic carbocycles. The van der Waals surface area contributed by atoms with E-state index in [0.717, 1.165) is 18.8 Å². The number of morpholine rings is 1. The number of nitrogens with zero attached hydrogens (tertiary/aromatic N) is 3. The van der Waals surface area contributed by atoms with Crippen molar-refractivity contribution in [2.45, 2.75) is 6.61 Å². The normalized spacial score (nSPS) is 16.0. The van der Waals surface area contributed by atoms with Crippen LogP contribution in [0.2, 0.25) is 0 Å². The summed E-state index contributed by atoms with van der Waals surface area (Å²) in [4.78, 5) is 10.8. The molecule has 17 heavy (non-hydrogen) atoms. The van der Waals surface area contributed by atoms with Crippen molar-refractivity contribution in [1.29, 1.82) is 0 Å². The maximum absolute atomic E-state index is 5.39. The highest BCUT2D eigenvalue weighted by molar-refractivity contribution is 5.43. The molecule has 0 radical (unpaired) electrons. The number of aromatic nitrogens is 2. The number of nitrogens with one attached hydrogen (secondary N) is 1. The molecule has 0 unspecified atom stereocenters. The van der Waals surface area contributed by atoms with Crippen LogP contribution in [-0.4, -0.2) is 43.4 Å². The smallest absolute Gasteiger partial charge is 0.227 e. The molecule has 0 atom stereocenters. The highest BCUT2D eigenvalue weighted by atomic mass is 16.5. The van der Waals surface area contributed by atoms with Gasteiger partial charge in [0.2, 0.25) is 5.95 Å². The Bertz CT molecular complexity index is 368. The minimum atomic E-state index is 0.439. The predicted molar refractivity (Wildman–Crippen MR) is 63.6 cm³/mol. The molecule has 7 nitrogen and oxygen atoms in total. The SMILES string of the molecule is COCc1cc(NN)nc(N2CCOCC2)n1. The van der Waals surface area contributed by atoms with E-state index in [1.807, 2.05) is 0 Å². The minimum absolute atomic E-state index is 0.439. The van der Waals surface area contributed by atoms with Crippen LogP contribution in [0.5, 0.6) is 0 Å². The molecule has 0 spiro atoms. The van der Waals surface area contributed by atoms with E-state index in [9.17, 15) is 0 Å². The van der Waals surface area contributed by atoms with Gasteiger partial charge in [-0.3, -0.25) is 0 Å². The van der Waals surface area contributed by atoms with Gasteiger partial charge in [0.25, 0.3) is 0 Å². The first kappa shape index (κ1) is 12.0. The van der Waals surface area contributed by atoms with E-state index in [-0.39, 0.29) is 0 Å². The number of hydrogen-bond acceptors (Lipinski definition) is 7. The van der Waals surface area contributed by atoms with Crippen LogP contribution in [0.25, 0.3) is 0 Å². The first-order valence-electron chi connectivity index (χ1n) is 5.49. The lowest BCUT2D eigenvalue weighted by Crippen LogP contribution is -2.37. The number of nitrogen functional groups attached to an aromatic ring is 1. The highest BCUT2D eigenvalue weighted by Crippen LogP contribution is 2.15. The van der Waals surface area contributed by atoms with Gasteiger partial charge in [-0.2, -0.15) is 4.98 Å². The summed E-state index contributed by atoms with van der Waals surface area (Å²) in [6, 6.07) is 1.77. The Labute approximate surface area is 99.9 Å². The fourth-order valence-electron chi connectivity index (χ4n) is 1.68. The summed E-state index contributed by atoms with van der Waals surface area (Å²) in [6.45, 7) is 3.42. The first-order valence-corrected chi connectivity index (χ1v) is 5.49. The predicted octanol–water partition coefficient (Wildman–Crippen LogP) is -0.255. The van der Waals surface area contributed by atoms with E-state index in [1.54, 1.807) is 13.2 Å². The third-order valence-corrected chi connectivity index (χ3v) is 2.50. The number of methoxy groups -OCH3 is 1. The lowest BCUT2D eigenvalue weighted by molar-refractivity contribution is 0.122. The second kappa shape index (κ2) is 5.76. The fourth-order valence-corrected chi connectivity index (χ4v) is 1.68. The maximum Gasteiger partial charge on any atom is 0.227 e. The van der Waals surface area contributed by atoms with Gasteiger partial charge in [0.1, 0.15) is 5.82 Å². The zero-order valence-electron chi connectivity index (χ0n) is 9.85. The van der Waals surface area contributed by atoms with Crippen LogP contribution in [-0.2, 0) is 16.1 Å². The number of hydrogen-bond donors (Lipinski definition) is 2. The summed E-state index contributed by atoms with van der Waals surface area (Å²) in [6.07, 6.45) is 0. The first-order chi connectivity index (χ1) is 8.33. The number of nitrogens with two attached hydrogens (primary N) is 1. The standard InChI is InChI=1S/C10H17N5O2/c1-16-7-8-6-9(14-11)13-10(12-8)15-2-4-17-5-3-15/h6H,2-5,7,11H2,1H3,(H,12,13,14). The summed E-state index contributed by atoms with van der Waals surface area (Å²) in [5.74, 6) is 6.64. The molecule has 1 fully saturated rings. The van der Waals surface area contributed by atoms with Crippen LogP contribution in [0.15, 0.2) is 6.07 Å². The van der Waals surface area contributed by atoms with Crippen LogP contribution in [0.1, 0.15) is 5.69 Å². The van der Waals surface area contributed by atoms with Gasteiger partial charge in [-0.25, -0.2) is 10.8 Å². The average molecular weight is 239 g/mol. The average Bonchev–Trinajstić information content (AvgIpc) is 2.40. The van der Waals surface area contributed by atoms with Crippen molar-refractivity contribution in [3.05, 3.63) is 11.8 Å². The monoisotopic (exact) mass is 239 g/mol. The lowest BCUT2D eigenvalue weighted by atomic mass is 10.4. The molecule has 0 aromatic carbocycles. The van der Waals surface area contributed by atoms with E-state index in [2.05, 4.69) is 20.3 Å². The summed E-state index contributed by atoms with van der Waals surface area (Å²) >= 11 is 0. The second-order valence-electron chi connectivity index (χ2n) is 3.72. The van der Waals surface area contributed by atoms with Gasteiger partial charge in [-0.15, -0.1) is 0 Å². The third kappa shape index (κ3) is 3.02. The molecule has 1 aliphatic rings. The molecule has 0 amide bonds. The number of ether oxygens (including phenoxy) is 2. The van der Waals surface area contributed by atoms with Crippen molar-refractivity contribution in [3.63, 3.8) is 0 Å². The molecule has 3 N–H and O–H groups in total. The molecule has 0 saturated carbocycles. The van der Waals surface area contributed by atoms with Crippen molar-refractivity contribution >= 4 is 11.8 Å². The van der Waals surface area contributed by atoms with Crippen molar-refractivity contribution < 1.29 is 9.47 Å². The molecule has 2 rings (SSSR count). The summed E-state index contributed by atoms with van der Waals surface area (Å²) in [5, 5.41) is 0. The third-order valence-electron chi connectivity index (χ3n) is 2.50. The van der Waals surface area contributed by atoms with Crippen molar-refractivity contribution in [2.24, 2.45) is 5.84 Å². The van der Waals surface area contributed by atoms with Crippen molar-refractivity contribution in [1.82, 2.24) is 9.97 Å². The molecule has 94 valence electrons. The van der Waals surface area contributed by atoms with Gasteiger partial charge in [-0.1, -0.05) is 0 Å². The molecule has 2 heterocycles. The van der Waals surface area contributed by atoms with Crippen LogP contribution >= 0.6 is 0 Å². The second-order valence-corrected chi connectivity index (χ2v) is 3.72. The Morgan fingerprint density at radius 3 is 2.88 bits per heavy atom. The fraction of sp³-hybridized carbons (Fsp3) is 0.600. The molecular formula is C10H17N5O2. The Kier molecular flexibility index (Phi) is 4.08. The van der Waals surface area contributed by atoms with Crippen molar-refractivity contribution in [2.75, 3.05) is 43.7 Å². The van der Waals surface area contributed by atoms with Gasteiger partial charge in [0, 0.05) is 26.3 Å². The van der Waals surface area contributed by atoms with E-state index in [1.165, 1.54) is 0 Å². The molecule has 1 saturated heterocycles. The van der Waals surface area contributed by atoms with Gasteiger partial charge in [0.15, 0.2) is 0 Å². The molecule has 0 bridgehead atoms. The van der Waals surface area contributed by atoms with E-state index < -0.39 is 0 Å². The number of anilines is 2. The zero-order valence-corrected chi connectivity index (χ0v) is 9.85. The molecule has 1 aromatic heterocycles. The van der Waals surface area contributed by atoms with Gasteiger partial charge >= 0.3 is 0 Å². The summed E-state index contributed by atoms with van der Waals surface area (Å²) in [7, 11) is 1.63. The number of hydrazine groups is 1. The van der Waals surface area contributed by atoms with Crippen LogP contribution in [0, 0.1) is 0 Å². The van der Waals surface area contributed by atoms with Crippen LogP contribution < -0.4 is 16.2 Å². The zero-order chi connectivity index (χ0) is 12.1. The molecule has 7 heteroatoms. The molecule has 1 aliphatic heterocycles. The largest absolute Gasteiger partial charge is 0.378 e. The topological polar surface area (TPSA) is 85.5 Å². The number of rotatable bonds is 4. The highest BCUT2D eigenvalue weighted by Gasteiger charge is 2.15. The van der Waals surface area contributed by atoms with Gasteiger partial charge in [-0.05, 0) is 0 Å². The minimum Gasteiger partial charge on any atom is -0.378 e. The van der Waals surface area contributed by atoms with E-state index >= 15 is 0 Å². The van der Waals surface area contributed by atoms with Crippen LogP contribution in [0.4, 0.5) is 11.8 Å². The Morgan fingerprint density at radius 2 is 2.24 bits per heavy atom. The van der Waals surface area contributed by atoms with Crippen LogP contribution in [0.3, 0.4) is 0 Å².